The largest absolute Gasteiger partial charge is 0.385 e. The molecule has 0 spiro atoms. The first-order valence-electron chi connectivity index (χ1n) is 6.92. The molecule has 0 radical (unpaired) electrons. The van der Waals surface area contributed by atoms with E-state index in [2.05, 4.69) is 15.6 Å². The Morgan fingerprint density at radius 1 is 1.32 bits per heavy atom. The van der Waals surface area contributed by atoms with Crippen molar-refractivity contribution in [3.8, 4) is 0 Å². The molecule has 1 rings (SSSR count). The van der Waals surface area contributed by atoms with E-state index in [9.17, 15) is 0 Å². The molecule has 1 atom stereocenters. The summed E-state index contributed by atoms with van der Waals surface area (Å²) in [5.41, 5.74) is 0. The minimum absolute atomic E-state index is 0. The lowest BCUT2D eigenvalue weighted by Gasteiger charge is -2.14. The first-order chi connectivity index (χ1) is 8.86. The maximum atomic E-state index is 5.56. The number of rotatable bonds is 8. The topological polar surface area (TPSA) is 54.9 Å². The van der Waals surface area contributed by atoms with Gasteiger partial charge in [-0.15, -0.1) is 24.0 Å². The number of aliphatic imine (C=N–C) groups is 1. The van der Waals surface area contributed by atoms with Gasteiger partial charge in [0.25, 0.3) is 0 Å². The molecule has 0 saturated carbocycles. The van der Waals surface area contributed by atoms with Crippen molar-refractivity contribution in [2.45, 2.75) is 38.2 Å². The summed E-state index contributed by atoms with van der Waals surface area (Å²) in [7, 11) is 3.55. The molecule has 1 fully saturated rings. The molecular formula is C13H28IN3O2. The molecule has 1 heterocycles. The highest BCUT2D eigenvalue weighted by atomic mass is 127. The maximum Gasteiger partial charge on any atom is 0.191 e. The van der Waals surface area contributed by atoms with Crippen LogP contribution < -0.4 is 10.6 Å². The molecular weight excluding hydrogens is 357 g/mol. The van der Waals surface area contributed by atoms with E-state index in [4.69, 9.17) is 9.47 Å². The Hall–Kier alpha value is -0.0800. The standard InChI is InChI=1S/C13H27N3O2.HI/c1-14-13(15-8-4-3-5-9-17-2)16-11-12-7-6-10-18-12;/h12H,3-11H2,1-2H3,(H2,14,15,16);1H. The highest BCUT2D eigenvalue weighted by Crippen LogP contribution is 2.10. The number of nitrogens with one attached hydrogen (secondary N) is 2. The van der Waals surface area contributed by atoms with E-state index in [1.807, 2.05) is 0 Å². The molecule has 1 unspecified atom stereocenters. The minimum atomic E-state index is 0. The lowest BCUT2D eigenvalue weighted by molar-refractivity contribution is 0.114. The average molecular weight is 385 g/mol. The van der Waals surface area contributed by atoms with Gasteiger partial charge in [0.05, 0.1) is 6.10 Å². The molecule has 1 aliphatic heterocycles. The zero-order chi connectivity index (χ0) is 13.1. The molecule has 0 aromatic carbocycles. The summed E-state index contributed by atoms with van der Waals surface area (Å²) in [6, 6.07) is 0. The zero-order valence-corrected chi connectivity index (χ0v) is 14.4. The van der Waals surface area contributed by atoms with E-state index in [0.29, 0.717) is 6.10 Å². The van der Waals surface area contributed by atoms with Crippen molar-refractivity contribution in [3.63, 3.8) is 0 Å². The molecule has 0 amide bonds. The van der Waals surface area contributed by atoms with Gasteiger partial charge < -0.3 is 20.1 Å². The van der Waals surface area contributed by atoms with Crippen LogP contribution in [0, 0.1) is 0 Å². The first-order valence-corrected chi connectivity index (χ1v) is 6.92. The summed E-state index contributed by atoms with van der Waals surface area (Å²) in [5, 5.41) is 6.62. The average Bonchev–Trinajstić information content (AvgIpc) is 2.90. The van der Waals surface area contributed by atoms with E-state index in [0.717, 1.165) is 51.5 Å². The molecule has 2 N–H and O–H groups in total. The number of halogens is 1. The molecule has 0 bridgehead atoms. The lowest BCUT2D eigenvalue weighted by atomic mass is 10.2. The van der Waals surface area contributed by atoms with Crippen LogP contribution in [0.5, 0.6) is 0 Å². The number of nitrogens with zero attached hydrogens (tertiary/aromatic N) is 1. The molecule has 0 aliphatic carbocycles. The van der Waals surface area contributed by atoms with E-state index < -0.39 is 0 Å². The number of ether oxygens (including phenoxy) is 2. The Morgan fingerprint density at radius 2 is 2.16 bits per heavy atom. The molecule has 1 saturated heterocycles. The molecule has 1 aliphatic rings. The van der Waals surface area contributed by atoms with E-state index >= 15 is 0 Å². The Bertz CT molecular complexity index is 234. The van der Waals surface area contributed by atoms with Crippen LogP contribution in [0.2, 0.25) is 0 Å². The van der Waals surface area contributed by atoms with E-state index in [-0.39, 0.29) is 24.0 Å². The fourth-order valence-corrected chi connectivity index (χ4v) is 1.99. The Balaban J connectivity index is 0.00000324. The quantitative estimate of drug-likeness (QED) is 0.290. The maximum absolute atomic E-state index is 5.56. The summed E-state index contributed by atoms with van der Waals surface area (Å²) >= 11 is 0. The number of hydrogen-bond donors (Lipinski definition) is 2. The van der Waals surface area contributed by atoms with Crippen LogP contribution in [0.3, 0.4) is 0 Å². The van der Waals surface area contributed by atoms with Crippen LogP contribution >= 0.6 is 24.0 Å². The monoisotopic (exact) mass is 385 g/mol. The second-order valence-electron chi connectivity index (χ2n) is 4.57. The highest BCUT2D eigenvalue weighted by molar-refractivity contribution is 14.0. The van der Waals surface area contributed by atoms with Crippen LogP contribution in [0.1, 0.15) is 32.1 Å². The SMILES string of the molecule is CN=C(NCCCCCOC)NCC1CCCO1.I. The molecule has 114 valence electrons. The van der Waals surface area contributed by atoms with Crippen molar-refractivity contribution in [1.82, 2.24) is 10.6 Å². The van der Waals surface area contributed by atoms with Gasteiger partial charge in [-0.25, -0.2) is 0 Å². The summed E-state index contributed by atoms with van der Waals surface area (Å²) in [5.74, 6) is 0.872. The van der Waals surface area contributed by atoms with E-state index in [1.54, 1.807) is 14.2 Å². The van der Waals surface area contributed by atoms with Gasteiger partial charge in [0.2, 0.25) is 0 Å². The summed E-state index contributed by atoms with van der Waals surface area (Å²) in [6.45, 7) is 3.56. The van der Waals surface area contributed by atoms with E-state index in [1.165, 1.54) is 12.8 Å². The van der Waals surface area contributed by atoms with Crippen molar-refractivity contribution < 1.29 is 9.47 Å². The Morgan fingerprint density at radius 3 is 2.79 bits per heavy atom. The number of guanidine groups is 1. The number of methoxy groups -OCH3 is 1. The van der Waals surface area contributed by atoms with Crippen LogP contribution in [0.25, 0.3) is 0 Å². The van der Waals surface area contributed by atoms with Gasteiger partial charge in [0.1, 0.15) is 0 Å². The number of unbranched alkanes of at least 4 members (excludes halogenated alkanes) is 2. The van der Waals surface area contributed by atoms with Crippen LogP contribution in [-0.2, 0) is 9.47 Å². The Labute approximate surface area is 133 Å². The zero-order valence-electron chi connectivity index (χ0n) is 12.1. The first kappa shape index (κ1) is 18.9. The van der Waals surface area contributed by atoms with Gasteiger partial charge >= 0.3 is 0 Å². The fraction of sp³-hybridized carbons (Fsp3) is 0.923. The third-order valence-corrected chi connectivity index (χ3v) is 3.06. The third-order valence-electron chi connectivity index (χ3n) is 3.06. The van der Waals surface area contributed by atoms with Crippen molar-refractivity contribution >= 4 is 29.9 Å². The van der Waals surface area contributed by atoms with Crippen LogP contribution in [-0.4, -0.2) is 52.5 Å². The van der Waals surface area contributed by atoms with Gasteiger partial charge in [-0.2, -0.15) is 0 Å². The van der Waals surface area contributed by atoms with Crippen LogP contribution in [0.15, 0.2) is 4.99 Å². The third kappa shape index (κ3) is 9.45. The van der Waals surface area contributed by atoms with Crippen molar-refractivity contribution in [3.05, 3.63) is 0 Å². The fourth-order valence-electron chi connectivity index (χ4n) is 1.99. The van der Waals surface area contributed by atoms with Crippen molar-refractivity contribution in [2.75, 3.05) is 40.5 Å². The molecule has 5 nitrogen and oxygen atoms in total. The van der Waals surface area contributed by atoms with Gasteiger partial charge in [0.15, 0.2) is 5.96 Å². The van der Waals surface area contributed by atoms with Gasteiger partial charge in [-0.3, -0.25) is 4.99 Å². The lowest BCUT2D eigenvalue weighted by Crippen LogP contribution is -2.41. The van der Waals surface area contributed by atoms with Crippen molar-refractivity contribution in [1.29, 1.82) is 0 Å². The molecule has 0 aromatic rings. The predicted octanol–water partition coefficient (Wildman–Crippen LogP) is 1.77. The summed E-state index contributed by atoms with van der Waals surface area (Å²) < 4.78 is 10.6. The molecule has 6 heteroatoms. The predicted molar refractivity (Wildman–Crippen MR) is 89.5 cm³/mol. The minimum Gasteiger partial charge on any atom is -0.385 e. The molecule has 0 aromatic heterocycles. The highest BCUT2D eigenvalue weighted by Gasteiger charge is 2.15. The Kier molecular flexibility index (Phi) is 12.9. The molecule has 19 heavy (non-hydrogen) atoms. The smallest absolute Gasteiger partial charge is 0.191 e. The van der Waals surface area contributed by atoms with Gasteiger partial charge in [-0.1, -0.05) is 0 Å². The van der Waals surface area contributed by atoms with Gasteiger partial charge in [0, 0.05) is 40.5 Å². The summed E-state index contributed by atoms with van der Waals surface area (Å²) in [4.78, 5) is 4.20. The van der Waals surface area contributed by atoms with Crippen molar-refractivity contribution in [2.24, 2.45) is 4.99 Å². The normalized spacial score (nSPS) is 19.1. The summed E-state index contributed by atoms with van der Waals surface area (Å²) in [6.07, 6.45) is 6.14. The second-order valence-corrected chi connectivity index (χ2v) is 4.57. The second kappa shape index (κ2) is 12.9. The number of hydrogen-bond acceptors (Lipinski definition) is 3. The van der Waals surface area contributed by atoms with Crippen LogP contribution in [0.4, 0.5) is 0 Å². The van der Waals surface area contributed by atoms with Gasteiger partial charge in [-0.05, 0) is 32.1 Å².